The van der Waals surface area contributed by atoms with E-state index in [1.54, 1.807) is 13.8 Å². The fraction of sp³-hybridized carbons (Fsp3) is 0.400. The van der Waals surface area contributed by atoms with E-state index < -0.39 is 47.6 Å². The minimum absolute atomic E-state index is 0.0877. The minimum Gasteiger partial charge on any atom is -0.469 e. The van der Waals surface area contributed by atoms with E-state index in [4.69, 9.17) is 23.3 Å². The van der Waals surface area contributed by atoms with Crippen molar-refractivity contribution in [2.24, 2.45) is 11.8 Å². The second-order valence-electron chi connectivity index (χ2n) is 13.2. The molecule has 2 aromatic heterocycles. The van der Waals surface area contributed by atoms with Gasteiger partial charge in [0.25, 0.3) is 0 Å². The Labute approximate surface area is 276 Å². The number of esters is 1. The number of anilines is 1. The molecule has 13 nitrogen and oxygen atoms in total. The molecule has 250 valence electrons. The van der Waals surface area contributed by atoms with Crippen molar-refractivity contribution in [1.29, 1.82) is 0 Å². The van der Waals surface area contributed by atoms with Gasteiger partial charge in [0.1, 0.15) is 47.9 Å². The summed E-state index contributed by atoms with van der Waals surface area (Å²) in [5, 5.41) is 19.9. The summed E-state index contributed by atoms with van der Waals surface area (Å²) in [6.07, 6.45) is -0.378. The number of aromatic nitrogens is 2. The lowest BCUT2D eigenvalue weighted by Crippen LogP contribution is -2.52. The van der Waals surface area contributed by atoms with Gasteiger partial charge < -0.3 is 39.4 Å². The summed E-state index contributed by atoms with van der Waals surface area (Å²) in [6, 6.07) is 11.8. The van der Waals surface area contributed by atoms with Crippen LogP contribution in [0.3, 0.4) is 0 Å². The number of fused-ring (bicyclic) bond motifs is 4. The predicted octanol–water partition coefficient (Wildman–Crippen LogP) is 3.74. The molecule has 48 heavy (non-hydrogen) atoms. The molecule has 2 aromatic carbocycles. The van der Waals surface area contributed by atoms with Crippen LogP contribution in [0.5, 0.6) is 5.75 Å². The Kier molecular flexibility index (Phi) is 7.74. The number of hydrogen-bond acceptors (Lipinski definition) is 11. The van der Waals surface area contributed by atoms with E-state index in [0.717, 1.165) is 22.4 Å². The van der Waals surface area contributed by atoms with Crippen LogP contribution < -0.4 is 20.7 Å². The minimum atomic E-state index is -1.29. The zero-order valence-corrected chi connectivity index (χ0v) is 27.2. The van der Waals surface area contributed by atoms with E-state index in [2.05, 4.69) is 20.9 Å². The van der Waals surface area contributed by atoms with Gasteiger partial charge in [-0.15, -0.1) is 0 Å². The number of para-hydroxylation sites is 1. The third-order valence-corrected chi connectivity index (χ3v) is 9.13. The summed E-state index contributed by atoms with van der Waals surface area (Å²) in [7, 11) is 0. The van der Waals surface area contributed by atoms with E-state index in [9.17, 15) is 19.5 Å². The maximum atomic E-state index is 14.0. The molecule has 5 heterocycles. The van der Waals surface area contributed by atoms with Gasteiger partial charge in [-0.05, 0) is 35.1 Å². The van der Waals surface area contributed by atoms with Gasteiger partial charge in [-0.25, -0.2) is 9.97 Å². The highest BCUT2D eigenvalue weighted by molar-refractivity contribution is 5.90. The Hall–Kier alpha value is -5.17. The van der Waals surface area contributed by atoms with E-state index in [1.807, 2.05) is 56.3 Å². The summed E-state index contributed by atoms with van der Waals surface area (Å²) in [4.78, 5) is 48.1. The van der Waals surface area contributed by atoms with Crippen molar-refractivity contribution in [2.45, 2.75) is 77.5 Å². The molecular weight excluding hydrogens is 618 g/mol. The Morgan fingerprint density at radius 3 is 2.65 bits per heavy atom. The number of hydrogen-bond donors (Lipinski definition) is 4. The van der Waals surface area contributed by atoms with Crippen molar-refractivity contribution >= 4 is 23.5 Å². The number of aliphatic hydroxyl groups is 1. The lowest BCUT2D eigenvalue weighted by Gasteiger charge is -2.29. The fourth-order valence-corrected chi connectivity index (χ4v) is 6.67. The zero-order chi connectivity index (χ0) is 33.9. The number of amides is 2. The molecule has 0 fully saturated rings. The standard InChI is InChI=1S/C35H37N5O8/c1-16(2)26-33-40-27(32-36-20(15-46-32)14-45-18(5)41)29(48-33)35-21-8-6-7-9-23(21)38-34(35)47-25-11-10-19(12-22(25)35)13-24(30(43)39-26)37-31(44)28(42)17(3)4/h6-12,15-17,24,26,28,34,38,42H,13-14H2,1-5H3,(H,37,44)(H,39,43)/t24?,26?,28-,34?,35?/m0/s1. The van der Waals surface area contributed by atoms with Gasteiger partial charge in [-0.1, -0.05) is 58.0 Å². The van der Waals surface area contributed by atoms with E-state index in [-0.39, 0.29) is 36.6 Å². The van der Waals surface area contributed by atoms with Crippen LogP contribution in [0.2, 0.25) is 0 Å². The predicted molar refractivity (Wildman–Crippen MR) is 170 cm³/mol. The normalized spacial score (nSPS) is 22.8. The lowest BCUT2D eigenvalue weighted by molar-refractivity contribution is -0.142. The molecule has 0 saturated heterocycles. The second-order valence-corrected chi connectivity index (χ2v) is 13.2. The monoisotopic (exact) mass is 655 g/mol. The van der Waals surface area contributed by atoms with Crippen molar-refractivity contribution in [3.8, 4) is 17.3 Å². The van der Waals surface area contributed by atoms with Crippen LogP contribution >= 0.6 is 0 Å². The maximum Gasteiger partial charge on any atom is 0.303 e. The number of oxazole rings is 2. The highest BCUT2D eigenvalue weighted by Gasteiger charge is 2.61. The quantitative estimate of drug-likeness (QED) is 0.213. The zero-order valence-electron chi connectivity index (χ0n) is 27.2. The topological polar surface area (TPSA) is 178 Å². The number of benzene rings is 2. The third kappa shape index (κ3) is 5.09. The molecule has 3 aliphatic rings. The number of ether oxygens (including phenoxy) is 2. The van der Waals surface area contributed by atoms with Crippen LogP contribution in [-0.2, 0) is 37.6 Å². The smallest absolute Gasteiger partial charge is 0.303 e. The Morgan fingerprint density at radius 2 is 1.90 bits per heavy atom. The Balaban J connectivity index is 1.45. The number of carbonyl (C=O) groups excluding carboxylic acids is 3. The number of nitrogens with zero attached hydrogens (tertiary/aromatic N) is 2. The largest absolute Gasteiger partial charge is 0.469 e. The molecule has 7 rings (SSSR count). The highest BCUT2D eigenvalue weighted by atomic mass is 16.5. The molecule has 4 aromatic rings. The van der Waals surface area contributed by atoms with Crippen LogP contribution in [0.25, 0.3) is 11.6 Å². The molecule has 1 spiro atoms. The van der Waals surface area contributed by atoms with E-state index >= 15 is 0 Å². The van der Waals surface area contributed by atoms with Crippen molar-refractivity contribution in [1.82, 2.24) is 20.6 Å². The first-order valence-electron chi connectivity index (χ1n) is 16.0. The first kappa shape index (κ1) is 31.4. The van der Waals surface area contributed by atoms with Gasteiger partial charge in [0.15, 0.2) is 17.7 Å². The second kappa shape index (κ2) is 11.8. The van der Waals surface area contributed by atoms with Gasteiger partial charge in [-0.2, -0.15) is 0 Å². The van der Waals surface area contributed by atoms with Crippen molar-refractivity contribution in [3.05, 3.63) is 82.8 Å². The summed E-state index contributed by atoms with van der Waals surface area (Å²) in [6.45, 7) is 8.53. The summed E-state index contributed by atoms with van der Waals surface area (Å²) in [5.41, 5.74) is 2.87. The molecule has 5 atom stereocenters. The molecule has 3 aliphatic heterocycles. The molecule has 4 N–H and O–H groups in total. The molecule has 2 amide bonds. The van der Waals surface area contributed by atoms with Gasteiger partial charge in [0, 0.05) is 24.6 Å². The van der Waals surface area contributed by atoms with Crippen LogP contribution in [0.4, 0.5) is 5.69 Å². The molecule has 13 heteroatoms. The summed E-state index contributed by atoms with van der Waals surface area (Å²) >= 11 is 0. The van der Waals surface area contributed by atoms with Crippen molar-refractivity contribution in [3.63, 3.8) is 0 Å². The molecule has 4 bridgehead atoms. The summed E-state index contributed by atoms with van der Waals surface area (Å²) < 4.78 is 24.4. The molecule has 0 radical (unpaired) electrons. The first-order valence-corrected chi connectivity index (χ1v) is 16.0. The van der Waals surface area contributed by atoms with Gasteiger partial charge in [0.2, 0.25) is 23.6 Å². The number of aliphatic hydroxyl groups excluding tert-OH is 1. The Bertz CT molecular complexity index is 1910. The van der Waals surface area contributed by atoms with Crippen molar-refractivity contribution in [2.75, 3.05) is 5.32 Å². The van der Waals surface area contributed by atoms with E-state index in [1.165, 1.54) is 13.2 Å². The van der Waals surface area contributed by atoms with Crippen LogP contribution in [-0.4, -0.2) is 51.2 Å². The van der Waals surface area contributed by atoms with Crippen LogP contribution in [0.15, 0.2) is 57.6 Å². The molecule has 4 unspecified atom stereocenters. The van der Waals surface area contributed by atoms with Gasteiger partial charge in [0.05, 0.1) is 0 Å². The number of nitrogens with one attached hydrogen (secondary N) is 3. The Morgan fingerprint density at radius 1 is 1.10 bits per heavy atom. The summed E-state index contributed by atoms with van der Waals surface area (Å²) in [5.74, 6) is -0.742. The molecular formula is C35H37N5O8. The fourth-order valence-electron chi connectivity index (χ4n) is 6.67. The molecule has 0 aliphatic carbocycles. The maximum absolute atomic E-state index is 14.0. The lowest BCUT2D eigenvalue weighted by atomic mass is 9.72. The average molecular weight is 656 g/mol. The van der Waals surface area contributed by atoms with Crippen molar-refractivity contribution < 1.29 is 37.8 Å². The third-order valence-electron chi connectivity index (χ3n) is 9.13. The van der Waals surface area contributed by atoms with Gasteiger partial charge >= 0.3 is 5.97 Å². The first-order chi connectivity index (χ1) is 23.0. The average Bonchev–Trinajstić information content (AvgIpc) is 3.82. The SMILES string of the molecule is CC(=O)OCc1coc(-c2nc3oc2C24c5ccccc5NC2Oc2ccc(cc24)CC(NC(=O)[C@@H](O)C(C)C)C(=O)NC3C(C)C)n1. The highest BCUT2D eigenvalue weighted by Crippen LogP contribution is 2.59. The molecule has 0 saturated carbocycles. The van der Waals surface area contributed by atoms with Crippen LogP contribution in [0, 0.1) is 11.8 Å². The number of rotatable bonds is 7. The number of carbonyl (C=O) groups is 3. The van der Waals surface area contributed by atoms with E-state index in [0.29, 0.717) is 22.9 Å². The van der Waals surface area contributed by atoms with Crippen LogP contribution in [0.1, 0.15) is 74.7 Å². The van der Waals surface area contributed by atoms with Gasteiger partial charge in [-0.3, -0.25) is 14.4 Å².